The molecule has 1 heterocycles. The van der Waals surface area contributed by atoms with Crippen molar-refractivity contribution in [2.45, 2.75) is 37.7 Å². The second-order valence-corrected chi connectivity index (χ2v) is 9.46. The summed E-state index contributed by atoms with van der Waals surface area (Å²) < 4.78 is 29.5. The lowest BCUT2D eigenvalue weighted by Crippen LogP contribution is -2.28. The van der Waals surface area contributed by atoms with Crippen molar-refractivity contribution in [2.24, 2.45) is 5.92 Å². The van der Waals surface area contributed by atoms with Crippen LogP contribution in [0.1, 0.15) is 20.8 Å². The minimum absolute atomic E-state index is 0.180. The van der Waals surface area contributed by atoms with Gasteiger partial charge in [0, 0.05) is 17.1 Å². The van der Waals surface area contributed by atoms with Gasteiger partial charge in [-0.05, 0) is 43.2 Å². The van der Waals surface area contributed by atoms with E-state index in [4.69, 9.17) is 0 Å². The van der Waals surface area contributed by atoms with Gasteiger partial charge in [0.15, 0.2) is 5.16 Å². The number of hydrogen-bond acceptors (Lipinski definition) is 4. The number of fused-ring (bicyclic) bond motifs is 1. The highest BCUT2D eigenvalue weighted by atomic mass is 79.9. The molecule has 0 aliphatic heterocycles. The van der Waals surface area contributed by atoms with Crippen molar-refractivity contribution in [3.8, 4) is 0 Å². The third kappa shape index (κ3) is 5.07. The summed E-state index contributed by atoms with van der Waals surface area (Å²) in [7, 11) is 0. The number of anilines is 1. The van der Waals surface area contributed by atoms with E-state index in [0.29, 0.717) is 22.6 Å². The molecular weight excluding hydrogens is 476 g/mol. The fourth-order valence-electron chi connectivity index (χ4n) is 2.83. The monoisotopic (exact) mass is 495 g/mol. The number of aromatic nitrogens is 2. The van der Waals surface area contributed by atoms with E-state index in [1.165, 1.54) is 0 Å². The summed E-state index contributed by atoms with van der Waals surface area (Å²) in [4.78, 5) is 30.2. The van der Waals surface area contributed by atoms with Crippen LogP contribution in [-0.4, -0.2) is 20.7 Å². The molecule has 2 aromatic carbocycles. The predicted molar refractivity (Wildman–Crippen MR) is 119 cm³/mol. The highest BCUT2D eigenvalue weighted by molar-refractivity contribution is 9.10. The smallest absolute Gasteiger partial charge is 0.262 e. The second kappa shape index (κ2) is 9.26. The van der Waals surface area contributed by atoms with Gasteiger partial charge >= 0.3 is 0 Å². The molecule has 3 aromatic rings. The van der Waals surface area contributed by atoms with Crippen LogP contribution in [0.2, 0.25) is 0 Å². The van der Waals surface area contributed by atoms with Crippen molar-refractivity contribution in [3.63, 3.8) is 0 Å². The van der Waals surface area contributed by atoms with Crippen LogP contribution in [0.15, 0.2) is 50.8 Å². The third-order valence-electron chi connectivity index (χ3n) is 4.27. The molecule has 1 unspecified atom stereocenters. The number of nitrogens with one attached hydrogen (secondary N) is 1. The number of thioether (sulfide) groups is 1. The molecule has 1 aromatic heterocycles. The van der Waals surface area contributed by atoms with Gasteiger partial charge in [-0.25, -0.2) is 13.8 Å². The molecule has 0 saturated carbocycles. The lowest BCUT2D eigenvalue weighted by molar-refractivity contribution is -0.115. The van der Waals surface area contributed by atoms with Gasteiger partial charge in [-0.15, -0.1) is 0 Å². The van der Waals surface area contributed by atoms with Crippen LogP contribution >= 0.6 is 27.7 Å². The summed E-state index contributed by atoms with van der Waals surface area (Å²) in [6.45, 7) is 6.02. The summed E-state index contributed by atoms with van der Waals surface area (Å²) in [5, 5.41) is 2.57. The Bertz CT molecular complexity index is 1170. The summed E-state index contributed by atoms with van der Waals surface area (Å²) in [6, 6.07) is 8.10. The maximum absolute atomic E-state index is 13.8. The van der Waals surface area contributed by atoms with Crippen molar-refractivity contribution >= 4 is 50.2 Å². The molecule has 0 fully saturated rings. The molecule has 1 N–H and O–H groups in total. The predicted octanol–water partition coefficient (Wildman–Crippen LogP) is 5.21. The Kier molecular flexibility index (Phi) is 6.92. The zero-order valence-corrected chi connectivity index (χ0v) is 19.0. The quantitative estimate of drug-likeness (QED) is 0.376. The topological polar surface area (TPSA) is 64.0 Å². The molecule has 0 aliphatic carbocycles. The molecule has 1 amide bonds. The average Bonchev–Trinajstić information content (AvgIpc) is 2.68. The first kappa shape index (κ1) is 22.4. The molecule has 0 bridgehead atoms. The molecular formula is C21H20BrF2N3O2S. The van der Waals surface area contributed by atoms with Gasteiger partial charge in [0.05, 0.1) is 21.8 Å². The Hall–Kier alpha value is -2.26. The largest absolute Gasteiger partial charge is 0.323 e. The lowest BCUT2D eigenvalue weighted by Gasteiger charge is -2.18. The molecule has 9 heteroatoms. The van der Waals surface area contributed by atoms with E-state index < -0.39 is 22.8 Å². The van der Waals surface area contributed by atoms with Crippen LogP contribution in [0.4, 0.5) is 14.5 Å². The summed E-state index contributed by atoms with van der Waals surface area (Å²) in [5.41, 5.74) is 0.0964. The van der Waals surface area contributed by atoms with Crippen molar-refractivity contribution in [3.05, 3.63) is 62.9 Å². The van der Waals surface area contributed by atoms with Crippen molar-refractivity contribution in [1.29, 1.82) is 0 Å². The van der Waals surface area contributed by atoms with Crippen LogP contribution in [0.3, 0.4) is 0 Å². The number of halogens is 3. The minimum Gasteiger partial charge on any atom is -0.323 e. The van der Waals surface area contributed by atoms with Crippen molar-refractivity contribution < 1.29 is 13.6 Å². The van der Waals surface area contributed by atoms with Crippen LogP contribution in [0, 0.1) is 17.6 Å². The van der Waals surface area contributed by atoms with E-state index in [1.54, 1.807) is 29.7 Å². The standard InChI is InChI=1S/C21H20BrF2N3O2S/c1-11(2)10-27-20(29)15-8-13(22)4-7-17(15)26-21(27)30-12(3)19(28)25-18-9-14(23)5-6-16(18)24/h4-9,11-12H,10H2,1-3H3,(H,25,28). The molecule has 0 aliphatic rings. The Morgan fingerprint density at radius 2 is 1.93 bits per heavy atom. The normalized spacial score (nSPS) is 12.4. The third-order valence-corrected chi connectivity index (χ3v) is 5.85. The number of carbonyl (C=O) groups is 1. The highest BCUT2D eigenvalue weighted by Crippen LogP contribution is 2.26. The van der Waals surface area contributed by atoms with E-state index in [1.807, 2.05) is 13.8 Å². The number of benzene rings is 2. The SMILES string of the molecule is CC(C)Cn1c(SC(C)C(=O)Nc2cc(F)ccc2F)nc2ccc(Br)cc2c1=O. The van der Waals surface area contributed by atoms with E-state index in [9.17, 15) is 18.4 Å². The van der Waals surface area contributed by atoms with Gasteiger partial charge in [0.1, 0.15) is 11.6 Å². The first-order valence-electron chi connectivity index (χ1n) is 9.28. The van der Waals surface area contributed by atoms with E-state index >= 15 is 0 Å². The van der Waals surface area contributed by atoms with Gasteiger partial charge in [0.2, 0.25) is 5.91 Å². The maximum Gasteiger partial charge on any atom is 0.262 e. The lowest BCUT2D eigenvalue weighted by atomic mass is 10.2. The second-order valence-electron chi connectivity index (χ2n) is 7.24. The highest BCUT2D eigenvalue weighted by Gasteiger charge is 2.21. The molecule has 3 rings (SSSR count). The molecule has 0 saturated heterocycles. The fourth-order valence-corrected chi connectivity index (χ4v) is 4.11. The van der Waals surface area contributed by atoms with Crippen LogP contribution in [0.5, 0.6) is 0 Å². The number of nitrogens with zero attached hydrogens (tertiary/aromatic N) is 2. The Morgan fingerprint density at radius 1 is 1.20 bits per heavy atom. The van der Waals surface area contributed by atoms with Gasteiger partial charge in [-0.3, -0.25) is 14.2 Å². The minimum atomic E-state index is -0.729. The van der Waals surface area contributed by atoms with E-state index in [2.05, 4.69) is 26.2 Å². The Labute approximate surface area is 185 Å². The van der Waals surface area contributed by atoms with Gasteiger partial charge in [0.25, 0.3) is 5.56 Å². The Morgan fingerprint density at radius 3 is 2.63 bits per heavy atom. The molecule has 0 spiro atoms. The zero-order chi connectivity index (χ0) is 22.0. The average molecular weight is 496 g/mol. The van der Waals surface area contributed by atoms with E-state index in [0.717, 1.165) is 34.4 Å². The first-order valence-corrected chi connectivity index (χ1v) is 11.0. The summed E-state index contributed by atoms with van der Waals surface area (Å²) in [5.74, 6) is -1.72. The number of amides is 1. The van der Waals surface area contributed by atoms with Gasteiger partial charge < -0.3 is 5.32 Å². The zero-order valence-electron chi connectivity index (χ0n) is 16.6. The summed E-state index contributed by atoms with van der Waals surface area (Å²) >= 11 is 4.47. The maximum atomic E-state index is 13.8. The summed E-state index contributed by atoms with van der Waals surface area (Å²) in [6.07, 6.45) is 0. The number of rotatable bonds is 6. The first-order chi connectivity index (χ1) is 14.2. The molecule has 5 nitrogen and oxygen atoms in total. The Balaban J connectivity index is 1.93. The van der Waals surface area contributed by atoms with E-state index in [-0.39, 0.29) is 17.2 Å². The van der Waals surface area contributed by atoms with Crippen molar-refractivity contribution in [1.82, 2.24) is 9.55 Å². The molecule has 30 heavy (non-hydrogen) atoms. The van der Waals surface area contributed by atoms with Gasteiger partial charge in [-0.2, -0.15) is 0 Å². The molecule has 1 atom stereocenters. The van der Waals surface area contributed by atoms with Crippen LogP contribution < -0.4 is 10.9 Å². The van der Waals surface area contributed by atoms with Gasteiger partial charge in [-0.1, -0.05) is 41.5 Å². The number of carbonyl (C=O) groups excluding carboxylic acids is 1. The van der Waals surface area contributed by atoms with Crippen molar-refractivity contribution in [2.75, 3.05) is 5.32 Å². The molecule has 0 radical (unpaired) electrons. The fraction of sp³-hybridized carbons (Fsp3) is 0.286. The molecule has 158 valence electrons. The van der Waals surface area contributed by atoms with Crippen LogP contribution in [0.25, 0.3) is 10.9 Å². The number of hydrogen-bond donors (Lipinski definition) is 1. The van der Waals surface area contributed by atoms with Crippen LogP contribution in [-0.2, 0) is 11.3 Å².